The van der Waals surface area contributed by atoms with E-state index >= 15 is 0 Å². The van der Waals surface area contributed by atoms with Crippen LogP contribution in [0.2, 0.25) is 0 Å². The van der Waals surface area contributed by atoms with E-state index in [-0.39, 0.29) is 0 Å². The largest absolute Gasteiger partial charge is 0.314 e. The molecule has 1 aliphatic heterocycles. The number of hydrogen-bond donors (Lipinski definition) is 1. The summed E-state index contributed by atoms with van der Waals surface area (Å²) in [6, 6.07) is 2.54. The zero-order chi connectivity index (χ0) is 8.39. The van der Waals surface area contributed by atoms with Crippen molar-refractivity contribution in [3.8, 4) is 0 Å². The number of nitrogens with zero attached hydrogens (tertiary/aromatic N) is 2. The second kappa shape index (κ2) is 3.27. The molecule has 66 valence electrons. The molecule has 2 heterocycles. The lowest BCUT2D eigenvalue weighted by atomic mass is 9.98. The monoisotopic (exact) mass is 165 g/mol. The molecule has 1 N–H and O–H groups in total. The lowest BCUT2D eigenvalue weighted by Crippen LogP contribution is -2.36. The van der Waals surface area contributed by atoms with Crippen LogP contribution in [0.25, 0.3) is 0 Å². The van der Waals surface area contributed by atoms with Gasteiger partial charge in [0.2, 0.25) is 0 Å². The van der Waals surface area contributed by atoms with Gasteiger partial charge in [-0.25, -0.2) is 0 Å². The first kappa shape index (κ1) is 7.80. The van der Waals surface area contributed by atoms with E-state index in [1.54, 1.807) is 0 Å². The Bertz CT molecular complexity index is 230. The minimum atomic E-state index is 0.559. The second-order valence-electron chi connectivity index (χ2n) is 3.64. The van der Waals surface area contributed by atoms with Crippen LogP contribution in [0.1, 0.15) is 19.4 Å². The van der Waals surface area contributed by atoms with Crippen LogP contribution in [0.15, 0.2) is 18.5 Å². The van der Waals surface area contributed by atoms with Gasteiger partial charge in [-0.05, 0) is 24.9 Å². The Morgan fingerprint density at radius 2 is 2.42 bits per heavy atom. The summed E-state index contributed by atoms with van der Waals surface area (Å²) in [7, 11) is 0. The maximum absolute atomic E-state index is 4.25. The van der Waals surface area contributed by atoms with Crippen LogP contribution in [-0.2, 0) is 0 Å². The summed E-state index contributed by atoms with van der Waals surface area (Å²) >= 11 is 0. The van der Waals surface area contributed by atoms with Crippen LogP contribution in [-0.4, -0.2) is 22.9 Å². The number of nitrogens with one attached hydrogen (secondary N) is 1. The summed E-state index contributed by atoms with van der Waals surface area (Å²) in [5.41, 5.74) is 0. The van der Waals surface area contributed by atoms with Crippen LogP contribution in [0.3, 0.4) is 0 Å². The molecular formula is C9H15N3. The third-order valence-corrected chi connectivity index (χ3v) is 2.45. The SMILES string of the molecule is CC1CNCC(n2cccn2)C1. The first-order valence-corrected chi connectivity index (χ1v) is 4.56. The molecule has 0 amide bonds. The molecule has 2 atom stereocenters. The van der Waals surface area contributed by atoms with Crippen LogP contribution in [0.5, 0.6) is 0 Å². The number of piperidine rings is 1. The maximum Gasteiger partial charge on any atom is 0.0646 e. The molecule has 1 aromatic rings. The highest BCUT2D eigenvalue weighted by Gasteiger charge is 2.19. The minimum absolute atomic E-state index is 0.559. The van der Waals surface area contributed by atoms with Crippen molar-refractivity contribution in [3.05, 3.63) is 18.5 Å². The number of hydrogen-bond acceptors (Lipinski definition) is 2. The smallest absolute Gasteiger partial charge is 0.0646 e. The van der Waals surface area contributed by atoms with Crippen molar-refractivity contribution >= 4 is 0 Å². The quantitative estimate of drug-likeness (QED) is 0.674. The predicted octanol–water partition coefficient (Wildman–Crippen LogP) is 1.05. The minimum Gasteiger partial charge on any atom is -0.314 e. The fraction of sp³-hybridized carbons (Fsp3) is 0.667. The van der Waals surface area contributed by atoms with E-state index in [1.807, 2.05) is 18.5 Å². The third kappa shape index (κ3) is 1.50. The first-order chi connectivity index (χ1) is 5.86. The maximum atomic E-state index is 4.25. The summed E-state index contributed by atoms with van der Waals surface area (Å²) in [6.45, 7) is 4.49. The zero-order valence-electron chi connectivity index (χ0n) is 7.40. The van der Waals surface area contributed by atoms with Crippen molar-refractivity contribution in [2.45, 2.75) is 19.4 Å². The van der Waals surface area contributed by atoms with Crippen molar-refractivity contribution in [1.82, 2.24) is 15.1 Å². The molecule has 2 unspecified atom stereocenters. The lowest BCUT2D eigenvalue weighted by molar-refractivity contribution is 0.285. The molecule has 0 aliphatic carbocycles. The second-order valence-corrected chi connectivity index (χ2v) is 3.64. The molecule has 0 radical (unpaired) electrons. The molecule has 0 aromatic carbocycles. The average molecular weight is 165 g/mol. The normalized spacial score (nSPS) is 30.4. The van der Waals surface area contributed by atoms with E-state index in [1.165, 1.54) is 6.42 Å². The van der Waals surface area contributed by atoms with Crippen LogP contribution in [0.4, 0.5) is 0 Å². The fourth-order valence-electron chi connectivity index (χ4n) is 1.83. The van der Waals surface area contributed by atoms with Gasteiger partial charge in [0.1, 0.15) is 0 Å². The molecule has 0 spiro atoms. The Balaban J connectivity index is 2.04. The molecule has 2 rings (SSSR count). The fourth-order valence-corrected chi connectivity index (χ4v) is 1.83. The highest BCUT2D eigenvalue weighted by atomic mass is 15.3. The average Bonchev–Trinajstić information content (AvgIpc) is 2.56. The summed E-state index contributed by atoms with van der Waals surface area (Å²) in [5.74, 6) is 0.771. The van der Waals surface area contributed by atoms with Gasteiger partial charge in [-0.2, -0.15) is 5.10 Å². The van der Waals surface area contributed by atoms with Gasteiger partial charge in [0.15, 0.2) is 0 Å². The van der Waals surface area contributed by atoms with Gasteiger partial charge >= 0.3 is 0 Å². The zero-order valence-corrected chi connectivity index (χ0v) is 7.40. The number of aromatic nitrogens is 2. The van der Waals surface area contributed by atoms with Crippen molar-refractivity contribution in [2.24, 2.45) is 5.92 Å². The van der Waals surface area contributed by atoms with Gasteiger partial charge in [0.25, 0.3) is 0 Å². The topological polar surface area (TPSA) is 29.9 Å². The van der Waals surface area contributed by atoms with Crippen molar-refractivity contribution in [1.29, 1.82) is 0 Å². The molecule has 1 aromatic heterocycles. The van der Waals surface area contributed by atoms with Gasteiger partial charge in [0, 0.05) is 18.9 Å². The predicted molar refractivity (Wildman–Crippen MR) is 47.9 cm³/mol. The van der Waals surface area contributed by atoms with E-state index in [2.05, 4.69) is 22.0 Å². The van der Waals surface area contributed by atoms with Gasteiger partial charge in [-0.1, -0.05) is 6.92 Å². The first-order valence-electron chi connectivity index (χ1n) is 4.56. The highest BCUT2D eigenvalue weighted by Crippen LogP contribution is 2.19. The molecule has 0 saturated carbocycles. The molecule has 3 nitrogen and oxygen atoms in total. The van der Waals surface area contributed by atoms with E-state index in [0.29, 0.717) is 6.04 Å². The molecule has 0 bridgehead atoms. The van der Waals surface area contributed by atoms with Gasteiger partial charge in [-0.3, -0.25) is 4.68 Å². The summed E-state index contributed by atoms with van der Waals surface area (Å²) in [5, 5.41) is 7.66. The molecule has 12 heavy (non-hydrogen) atoms. The molecular weight excluding hydrogens is 150 g/mol. The number of rotatable bonds is 1. The van der Waals surface area contributed by atoms with E-state index in [0.717, 1.165) is 19.0 Å². The third-order valence-electron chi connectivity index (χ3n) is 2.45. The Labute approximate surface area is 72.8 Å². The Hall–Kier alpha value is -0.830. The Morgan fingerprint density at radius 1 is 1.50 bits per heavy atom. The summed E-state index contributed by atoms with van der Waals surface area (Å²) in [6.07, 6.45) is 5.14. The van der Waals surface area contributed by atoms with Gasteiger partial charge < -0.3 is 5.32 Å². The molecule has 1 saturated heterocycles. The lowest BCUT2D eigenvalue weighted by Gasteiger charge is -2.27. The van der Waals surface area contributed by atoms with Crippen LogP contribution < -0.4 is 5.32 Å². The van der Waals surface area contributed by atoms with Gasteiger partial charge in [-0.15, -0.1) is 0 Å². The van der Waals surface area contributed by atoms with Crippen molar-refractivity contribution in [2.75, 3.05) is 13.1 Å². The summed E-state index contributed by atoms with van der Waals surface area (Å²) in [4.78, 5) is 0. The standard InChI is InChI=1S/C9H15N3/c1-8-5-9(7-10-6-8)12-4-2-3-11-12/h2-4,8-10H,5-7H2,1H3. The van der Waals surface area contributed by atoms with Crippen molar-refractivity contribution in [3.63, 3.8) is 0 Å². The summed E-state index contributed by atoms with van der Waals surface area (Å²) < 4.78 is 2.06. The van der Waals surface area contributed by atoms with Crippen LogP contribution in [0, 0.1) is 5.92 Å². The molecule has 1 fully saturated rings. The highest BCUT2D eigenvalue weighted by molar-refractivity contribution is 4.85. The van der Waals surface area contributed by atoms with E-state index in [4.69, 9.17) is 0 Å². The Morgan fingerprint density at radius 3 is 3.08 bits per heavy atom. The van der Waals surface area contributed by atoms with Gasteiger partial charge in [0.05, 0.1) is 6.04 Å². The Kier molecular flexibility index (Phi) is 2.13. The van der Waals surface area contributed by atoms with E-state index in [9.17, 15) is 0 Å². The molecule has 3 heteroatoms. The van der Waals surface area contributed by atoms with Crippen molar-refractivity contribution < 1.29 is 0 Å². The van der Waals surface area contributed by atoms with Crippen LogP contribution >= 0.6 is 0 Å². The van der Waals surface area contributed by atoms with E-state index < -0.39 is 0 Å². The molecule has 1 aliphatic rings.